The highest BCUT2D eigenvalue weighted by Crippen LogP contribution is 2.45. The molecule has 2 aliphatic heterocycles. The summed E-state index contributed by atoms with van der Waals surface area (Å²) in [6, 6.07) is 20.6. The van der Waals surface area contributed by atoms with Gasteiger partial charge in [-0.1, -0.05) is 53.9 Å². The molecule has 6 rings (SSSR count). The van der Waals surface area contributed by atoms with Crippen LogP contribution in [0.5, 0.6) is 28.7 Å². The van der Waals surface area contributed by atoms with Crippen molar-refractivity contribution in [2.45, 2.75) is 115 Å². The maximum Gasteiger partial charge on any atom is 0.179 e. The van der Waals surface area contributed by atoms with E-state index in [4.69, 9.17) is 58.5 Å². The summed E-state index contributed by atoms with van der Waals surface area (Å²) >= 11 is 18.6. The molecule has 2 atom stereocenters. The molecule has 4 aromatic rings. The van der Waals surface area contributed by atoms with Crippen LogP contribution >= 0.6 is 34.8 Å². The van der Waals surface area contributed by atoms with Gasteiger partial charge in [0.1, 0.15) is 51.5 Å². The van der Waals surface area contributed by atoms with E-state index >= 15 is 0 Å². The largest absolute Gasteiger partial charge is 0.493 e. The van der Waals surface area contributed by atoms with Crippen LogP contribution < -0.4 is 14.2 Å². The molecular weight excluding hydrogens is 815 g/mol. The number of ether oxygens (including phenoxy) is 5. The van der Waals surface area contributed by atoms with E-state index < -0.39 is 34.2 Å². The lowest BCUT2D eigenvalue weighted by atomic mass is 9.71. The summed E-state index contributed by atoms with van der Waals surface area (Å²) in [7, 11) is 1.52. The Labute approximate surface area is 360 Å². The summed E-state index contributed by atoms with van der Waals surface area (Å²) < 4.78 is 30.3. The SMILES string of the molecule is CCc1ccc(Oc2ccc(Cl)cc2OC)cc1C1C(=O)C(C)(C)OC(C)(CCCc2ccc(Oc3ccc(Cl)c(Cl)c3)cc2C2C(=O)C(C)(C)OC(C)(C)C2=O)C1=O. The Bertz CT molecular complexity index is 2310. The molecule has 0 saturated carbocycles. The molecule has 12 heteroatoms. The Kier molecular flexibility index (Phi) is 12.5. The van der Waals surface area contributed by atoms with Crippen LogP contribution in [0.15, 0.2) is 72.8 Å². The van der Waals surface area contributed by atoms with E-state index in [2.05, 4.69) is 0 Å². The number of aryl methyl sites for hydroxylation is 2. The molecule has 0 aliphatic carbocycles. The van der Waals surface area contributed by atoms with E-state index in [9.17, 15) is 19.2 Å². The van der Waals surface area contributed by atoms with Crippen molar-refractivity contribution < 1.29 is 42.9 Å². The molecule has 0 bridgehead atoms. The molecule has 2 fully saturated rings. The monoisotopic (exact) mass is 862 g/mol. The lowest BCUT2D eigenvalue weighted by Gasteiger charge is -2.45. The molecule has 0 spiro atoms. The van der Waals surface area contributed by atoms with Gasteiger partial charge in [-0.3, -0.25) is 19.2 Å². The number of hydrogen-bond acceptors (Lipinski definition) is 9. The standard InChI is InChI=1S/C47H49Cl3O9/c1-10-26-13-16-30(57-36-20-15-28(48)22-37(36)55-9)24-32(26)39-42(53)46(6,7)59-47(8,43(39)54)21-11-12-27-14-17-29(56-31-18-19-34(49)35(50)25-31)23-33(27)38-40(51)44(2,3)58-45(4,5)41(38)52/h13-20,22-25,38-39H,10-12,21H2,1-9H3. The number of Topliss-reactive ketones (excluding diaryl/α,β-unsaturated/α-hetero) is 4. The van der Waals surface area contributed by atoms with Gasteiger partial charge in [-0.05, 0) is 145 Å². The average molecular weight is 864 g/mol. The molecule has 0 amide bonds. The molecule has 312 valence electrons. The summed E-state index contributed by atoms with van der Waals surface area (Å²) in [4.78, 5) is 56.9. The summed E-state index contributed by atoms with van der Waals surface area (Å²) in [5.74, 6) is -1.63. The Morgan fingerprint density at radius 2 is 1.10 bits per heavy atom. The third-order valence-corrected chi connectivity index (χ3v) is 12.1. The zero-order chi connectivity index (χ0) is 43.2. The van der Waals surface area contributed by atoms with Gasteiger partial charge in [0.05, 0.1) is 17.2 Å². The third-order valence-electron chi connectivity index (χ3n) is 11.2. The first kappa shape index (κ1) is 44.3. The van der Waals surface area contributed by atoms with Crippen LogP contribution in [0.25, 0.3) is 0 Å². The van der Waals surface area contributed by atoms with Gasteiger partial charge < -0.3 is 23.7 Å². The second-order valence-electron chi connectivity index (χ2n) is 16.8. The lowest BCUT2D eigenvalue weighted by Crippen LogP contribution is -2.59. The van der Waals surface area contributed by atoms with Crippen molar-refractivity contribution in [3.05, 3.63) is 110 Å². The van der Waals surface area contributed by atoms with Gasteiger partial charge in [-0.2, -0.15) is 0 Å². The number of rotatable bonds is 12. The molecule has 2 aliphatic rings. The number of halogens is 3. The van der Waals surface area contributed by atoms with Crippen molar-refractivity contribution in [3.63, 3.8) is 0 Å². The first-order valence-electron chi connectivity index (χ1n) is 19.6. The van der Waals surface area contributed by atoms with E-state index in [1.165, 1.54) is 7.11 Å². The van der Waals surface area contributed by atoms with Gasteiger partial charge in [0, 0.05) is 17.2 Å². The summed E-state index contributed by atoms with van der Waals surface area (Å²) in [6.45, 7) is 13.7. The van der Waals surface area contributed by atoms with Crippen molar-refractivity contribution in [2.75, 3.05) is 7.11 Å². The predicted octanol–water partition coefficient (Wildman–Crippen LogP) is 11.4. The van der Waals surface area contributed by atoms with E-state index in [0.717, 1.165) is 11.1 Å². The minimum absolute atomic E-state index is 0.242. The topological polar surface area (TPSA) is 114 Å². The maximum atomic E-state index is 14.7. The highest BCUT2D eigenvalue weighted by atomic mass is 35.5. The quantitative estimate of drug-likeness (QED) is 0.128. The zero-order valence-electron chi connectivity index (χ0n) is 34.7. The van der Waals surface area contributed by atoms with Crippen molar-refractivity contribution in [1.82, 2.24) is 0 Å². The smallest absolute Gasteiger partial charge is 0.179 e. The second kappa shape index (κ2) is 16.7. The normalized spacial score (nSPS) is 21.4. The number of benzene rings is 4. The van der Waals surface area contributed by atoms with E-state index in [1.54, 1.807) is 109 Å². The molecule has 9 nitrogen and oxygen atoms in total. The molecule has 2 heterocycles. The number of hydrogen-bond donors (Lipinski definition) is 0. The van der Waals surface area contributed by atoms with Crippen molar-refractivity contribution in [3.8, 4) is 28.7 Å². The van der Waals surface area contributed by atoms with Crippen LogP contribution in [0.1, 0.15) is 102 Å². The summed E-state index contributed by atoms with van der Waals surface area (Å²) in [6.07, 6.45) is 1.60. The van der Waals surface area contributed by atoms with Gasteiger partial charge in [0.25, 0.3) is 0 Å². The van der Waals surface area contributed by atoms with Crippen molar-refractivity contribution >= 4 is 57.9 Å². The van der Waals surface area contributed by atoms with Crippen molar-refractivity contribution in [2.24, 2.45) is 0 Å². The fourth-order valence-electron chi connectivity index (χ4n) is 8.23. The van der Waals surface area contributed by atoms with E-state index in [-0.39, 0.29) is 29.6 Å². The fraction of sp³-hybridized carbons (Fsp3) is 0.404. The first-order chi connectivity index (χ1) is 27.6. The summed E-state index contributed by atoms with van der Waals surface area (Å²) in [5, 5.41) is 1.16. The molecule has 0 N–H and O–H groups in total. The Morgan fingerprint density at radius 3 is 1.69 bits per heavy atom. The van der Waals surface area contributed by atoms with Crippen LogP contribution in [0.3, 0.4) is 0 Å². The van der Waals surface area contributed by atoms with Crippen LogP contribution in [0.2, 0.25) is 15.1 Å². The average Bonchev–Trinajstić information content (AvgIpc) is 3.16. The fourth-order valence-corrected chi connectivity index (χ4v) is 8.68. The highest BCUT2D eigenvalue weighted by molar-refractivity contribution is 6.42. The third kappa shape index (κ3) is 8.96. The molecule has 59 heavy (non-hydrogen) atoms. The molecule has 4 aromatic carbocycles. The van der Waals surface area contributed by atoms with Gasteiger partial charge >= 0.3 is 0 Å². The Morgan fingerprint density at radius 1 is 0.576 bits per heavy atom. The maximum absolute atomic E-state index is 14.7. The molecule has 2 unspecified atom stereocenters. The van der Waals surface area contributed by atoms with Crippen LogP contribution in [-0.2, 0) is 41.5 Å². The van der Waals surface area contributed by atoms with Gasteiger partial charge in [0.15, 0.2) is 34.6 Å². The molecule has 2 saturated heterocycles. The van der Waals surface area contributed by atoms with Crippen molar-refractivity contribution in [1.29, 1.82) is 0 Å². The number of carbonyl (C=O) groups excluding carboxylic acids is 4. The number of carbonyl (C=O) groups is 4. The van der Waals surface area contributed by atoms with E-state index in [1.807, 2.05) is 19.1 Å². The van der Waals surface area contributed by atoms with Gasteiger partial charge in [-0.25, -0.2) is 0 Å². The second-order valence-corrected chi connectivity index (χ2v) is 18.0. The first-order valence-corrected chi connectivity index (χ1v) is 20.7. The minimum Gasteiger partial charge on any atom is -0.493 e. The van der Waals surface area contributed by atoms with Gasteiger partial charge in [-0.15, -0.1) is 0 Å². The van der Waals surface area contributed by atoms with Crippen LogP contribution in [-0.4, -0.2) is 52.6 Å². The lowest BCUT2D eigenvalue weighted by molar-refractivity contribution is -0.189. The number of ketones is 4. The highest BCUT2D eigenvalue weighted by Gasteiger charge is 2.56. The van der Waals surface area contributed by atoms with Crippen LogP contribution in [0, 0.1) is 0 Å². The van der Waals surface area contributed by atoms with Gasteiger partial charge in [0.2, 0.25) is 0 Å². The molecule has 0 aromatic heterocycles. The Hall–Kier alpha value is -4.25. The van der Waals surface area contributed by atoms with E-state index in [0.29, 0.717) is 74.2 Å². The Balaban J connectivity index is 1.32. The minimum atomic E-state index is -1.37. The summed E-state index contributed by atoms with van der Waals surface area (Å²) in [5.41, 5.74) is -2.57. The zero-order valence-corrected chi connectivity index (χ0v) is 37.0. The predicted molar refractivity (Wildman–Crippen MR) is 228 cm³/mol. The van der Waals surface area contributed by atoms with Crippen LogP contribution in [0.4, 0.5) is 0 Å². The number of methoxy groups -OCH3 is 1. The molecular formula is C47H49Cl3O9. The molecule has 0 radical (unpaired) electrons.